The fourth-order valence-electron chi connectivity index (χ4n) is 0.956. The molecule has 0 aliphatic rings. The average Bonchev–Trinajstić information content (AvgIpc) is 2.17. The van der Waals surface area contributed by atoms with E-state index >= 15 is 0 Å². The highest BCUT2D eigenvalue weighted by Crippen LogP contribution is 1.95. The Kier molecular flexibility index (Phi) is 7.49. The molecule has 5 heteroatoms. The number of nitrogens with zero attached hydrogens (tertiary/aromatic N) is 3. The Bertz CT molecular complexity index is 261. The first-order chi connectivity index (χ1) is 6.76. The molecule has 0 unspecified atom stereocenters. The molecule has 0 aliphatic carbocycles. The van der Waals surface area contributed by atoms with Crippen LogP contribution in [0.25, 0.3) is 0 Å². The largest absolute Gasteiger partial charge is 0.369 e. The van der Waals surface area contributed by atoms with Gasteiger partial charge in [-0.2, -0.15) is 17.9 Å². The Morgan fingerprint density at radius 2 is 2.29 bits per heavy atom. The van der Waals surface area contributed by atoms with Crippen LogP contribution in [0.15, 0.2) is 4.99 Å². The second kappa shape index (κ2) is 8.28. The minimum atomic E-state index is 0.235. The second-order valence-corrected chi connectivity index (χ2v) is 3.04. The van der Waals surface area contributed by atoms with Crippen molar-refractivity contribution in [1.29, 1.82) is 5.26 Å². The highest BCUT2D eigenvalue weighted by molar-refractivity contribution is 7.80. The van der Waals surface area contributed by atoms with E-state index in [1.165, 1.54) is 0 Å². The Hall–Kier alpha value is -1.33. The van der Waals surface area contributed by atoms with E-state index in [-0.39, 0.29) is 5.96 Å². The van der Waals surface area contributed by atoms with Gasteiger partial charge in [0.15, 0.2) is 0 Å². The van der Waals surface area contributed by atoms with Gasteiger partial charge in [-0.05, 0) is 6.42 Å². The van der Waals surface area contributed by atoms with Gasteiger partial charge in [0.05, 0.1) is 0 Å². The molecular formula is C9H14N4S. The summed E-state index contributed by atoms with van der Waals surface area (Å²) in [7, 11) is 0. The van der Waals surface area contributed by atoms with E-state index in [2.05, 4.69) is 23.5 Å². The van der Waals surface area contributed by atoms with E-state index < -0.39 is 0 Å². The van der Waals surface area contributed by atoms with Crippen LogP contribution in [-0.4, -0.2) is 29.7 Å². The van der Waals surface area contributed by atoms with Crippen LogP contribution in [0.4, 0.5) is 0 Å². The summed E-state index contributed by atoms with van der Waals surface area (Å²) in [6, 6.07) is 0. The molecule has 0 atom stereocenters. The number of terminal acetylenes is 1. The summed E-state index contributed by atoms with van der Waals surface area (Å²) in [4.78, 5) is 5.26. The molecule has 0 amide bonds. The number of rotatable bonds is 5. The number of nitriles is 1. The Morgan fingerprint density at radius 1 is 1.57 bits per heavy atom. The van der Waals surface area contributed by atoms with Crippen molar-refractivity contribution < 1.29 is 0 Å². The molecule has 0 saturated carbocycles. The average molecular weight is 210 g/mol. The van der Waals surface area contributed by atoms with Crippen LogP contribution in [0, 0.1) is 23.8 Å². The van der Waals surface area contributed by atoms with Gasteiger partial charge in [-0.1, -0.05) is 0 Å². The number of aliphatic imine (C=N–C) groups is 1. The maximum Gasteiger partial charge on any atom is 0.209 e. The molecule has 14 heavy (non-hydrogen) atoms. The molecule has 2 N–H and O–H groups in total. The van der Waals surface area contributed by atoms with Crippen LogP contribution in [0.2, 0.25) is 0 Å². The van der Waals surface area contributed by atoms with Crippen LogP contribution >= 0.6 is 12.6 Å². The lowest BCUT2D eigenvalue weighted by Crippen LogP contribution is -2.39. The van der Waals surface area contributed by atoms with Crippen molar-refractivity contribution in [3.63, 3.8) is 0 Å². The highest BCUT2D eigenvalue weighted by Gasteiger charge is 2.05. The van der Waals surface area contributed by atoms with Crippen molar-refractivity contribution in [2.24, 2.45) is 10.7 Å². The standard InChI is InChI=1S/C9H14N4S/c1-2-3-4-5-13(6-7-14)9(11)12-8-10/h1,14H,3-7H2,(H2,11,12). The molecule has 76 valence electrons. The van der Waals surface area contributed by atoms with Crippen LogP contribution in [-0.2, 0) is 0 Å². The van der Waals surface area contributed by atoms with Crippen molar-refractivity contribution in [1.82, 2.24) is 4.90 Å². The van der Waals surface area contributed by atoms with E-state index in [9.17, 15) is 0 Å². The van der Waals surface area contributed by atoms with Crippen molar-refractivity contribution in [2.45, 2.75) is 12.8 Å². The molecule has 0 aliphatic heterocycles. The van der Waals surface area contributed by atoms with Crippen molar-refractivity contribution in [3.8, 4) is 18.5 Å². The molecule has 0 rings (SSSR count). The second-order valence-electron chi connectivity index (χ2n) is 2.59. The number of guanidine groups is 1. The zero-order valence-electron chi connectivity index (χ0n) is 7.98. The Balaban J connectivity index is 4.10. The number of hydrogen-bond donors (Lipinski definition) is 2. The fraction of sp³-hybridized carbons (Fsp3) is 0.556. The molecule has 0 aromatic carbocycles. The van der Waals surface area contributed by atoms with Crippen LogP contribution in [0.1, 0.15) is 12.8 Å². The van der Waals surface area contributed by atoms with E-state index in [0.29, 0.717) is 25.3 Å². The molecule has 0 heterocycles. The SMILES string of the molecule is C#CCCCN(CCS)C(N)=NC#N. The maximum absolute atomic E-state index is 8.33. The summed E-state index contributed by atoms with van der Waals surface area (Å²) < 4.78 is 0. The summed E-state index contributed by atoms with van der Waals surface area (Å²) in [5, 5.41) is 8.33. The lowest BCUT2D eigenvalue weighted by Gasteiger charge is -2.21. The van der Waals surface area contributed by atoms with E-state index in [0.717, 1.165) is 6.42 Å². The van der Waals surface area contributed by atoms with Crippen molar-refractivity contribution in [3.05, 3.63) is 0 Å². The van der Waals surface area contributed by atoms with Crippen molar-refractivity contribution >= 4 is 18.6 Å². The molecule has 0 saturated heterocycles. The number of hydrogen-bond acceptors (Lipinski definition) is 3. The van der Waals surface area contributed by atoms with Crippen LogP contribution < -0.4 is 5.73 Å². The van der Waals surface area contributed by atoms with Crippen LogP contribution in [0.3, 0.4) is 0 Å². The normalized spacial score (nSPS) is 10.4. The molecule has 0 bridgehead atoms. The summed E-state index contributed by atoms with van der Waals surface area (Å²) in [6.45, 7) is 1.38. The monoisotopic (exact) mass is 210 g/mol. The minimum absolute atomic E-state index is 0.235. The summed E-state index contributed by atoms with van der Waals surface area (Å²) in [5.74, 6) is 3.44. The molecule has 0 spiro atoms. The molecule has 4 nitrogen and oxygen atoms in total. The first-order valence-corrected chi connectivity index (χ1v) is 4.91. The van der Waals surface area contributed by atoms with Gasteiger partial charge in [0.2, 0.25) is 12.2 Å². The first-order valence-electron chi connectivity index (χ1n) is 4.27. The minimum Gasteiger partial charge on any atom is -0.369 e. The van der Waals surface area contributed by atoms with Gasteiger partial charge in [0, 0.05) is 25.3 Å². The smallest absolute Gasteiger partial charge is 0.209 e. The summed E-state index contributed by atoms with van der Waals surface area (Å²) in [6.07, 6.45) is 8.32. The zero-order chi connectivity index (χ0) is 10.8. The predicted molar refractivity (Wildman–Crippen MR) is 60.7 cm³/mol. The van der Waals surface area contributed by atoms with Gasteiger partial charge < -0.3 is 10.6 Å². The number of thiol groups is 1. The van der Waals surface area contributed by atoms with Gasteiger partial charge in [0.1, 0.15) is 0 Å². The van der Waals surface area contributed by atoms with Gasteiger partial charge in [-0.3, -0.25) is 0 Å². The van der Waals surface area contributed by atoms with Gasteiger partial charge >= 0.3 is 0 Å². The van der Waals surface area contributed by atoms with E-state index in [4.69, 9.17) is 17.4 Å². The predicted octanol–water partition coefficient (Wildman–Crippen LogP) is 0.427. The zero-order valence-corrected chi connectivity index (χ0v) is 8.87. The number of unbranched alkanes of at least 4 members (excludes halogenated alkanes) is 1. The third kappa shape index (κ3) is 5.34. The lowest BCUT2D eigenvalue weighted by molar-refractivity contribution is 0.432. The fourth-order valence-corrected chi connectivity index (χ4v) is 1.20. The highest BCUT2D eigenvalue weighted by atomic mass is 32.1. The summed E-state index contributed by atoms with van der Waals surface area (Å²) >= 11 is 4.09. The van der Waals surface area contributed by atoms with Gasteiger partial charge in [-0.25, -0.2) is 0 Å². The van der Waals surface area contributed by atoms with Gasteiger partial charge in [0.25, 0.3) is 0 Å². The molecule has 0 aromatic heterocycles. The van der Waals surface area contributed by atoms with Crippen molar-refractivity contribution in [2.75, 3.05) is 18.8 Å². The van der Waals surface area contributed by atoms with E-state index in [1.807, 2.05) is 0 Å². The Labute approximate surface area is 90.2 Å². The number of nitrogens with two attached hydrogens (primary N) is 1. The third-order valence-corrected chi connectivity index (χ3v) is 1.81. The van der Waals surface area contributed by atoms with Gasteiger partial charge in [-0.15, -0.1) is 17.3 Å². The topological polar surface area (TPSA) is 65.4 Å². The third-order valence-electron chi connectivity index (χ3n) is 1.61. The molecule has 0 aromatic rings. The van der Waals surface area contributed by atoms with Crippen LogP contribution in [0.5, 0.6) is 0 Å². The first kappa shape index (κ1) is 12.7. The Morgan fingerprint density at radius 3 is 2.79 bits per heavy atom. The lowest BCUT2D eigenvalue weighted by atomic mass is 10.3. The molecular weight excluding hydrogens is 196 g/mol. The summed E-state index contributed by atoms with van der Waals surface area (Å²) in [5.41, 5.74) is 5.56. The maximum atomic E-state index is 8.33. The molecule has 0 fully saturated rings. The quantitative estimate of drug-likeness (QED) is 0.173. The molecule has 0 radical (unpaired) electrons. The van der Waals surface area contributed by atoms with E-state index in [1.54, 1.807) is 11.1 Å².